The second-order valence-electron chi connectivity index (χ2n) is 3.96. The zero-order valence-electron chi connectivity index (χ0n) is 8.69. The van der Waals surface area contributed by atoms with E-state index in [0.29, 0.717) is 24.0 Å². The summed E-state index contributed by atoms with van der Waals surface area (Å²) < 4.78 is 0. The summed E-state index contributed by atoms with van der Waals surface area (Å²) in [5.74, 6) is 0.0723. The Balaban J connectivity index is 2.40. The number of aliphatic hydroxyl groups is 2. The molecule has 2 N–H and O–H groups in total. The van der Waals surface area contributed by atoms with Crippen molar-refractivity contribution in [3.05, 3.63) is 34.9 Å². The fourth-order valence-corrected chi connectivity index (χ4v) is 2.26. The molecule has 16 heavy (non-hydrogen) atoms. The summed E-state index contributed by atoms with van der Waals surface area (Å²) in [6.07, 6.45) is -0.894. The molecule has 2 rings (SSSR count). The van der Waals surface area contributed by atoms with E-state index in [0.717, 1.165) is 5.56 Å². The lowest BCUT2D eigenvalue weighted by Crippen LogP contribution is -2.21. The molecule has 0 aliphatic heterocycles. The first-order valence-electron chi connectivity index (χ1n) is 5.22. The van der Waals surface area contributed by atoms with Crippen LogP contribution in [0.3, 0.4) is 0 Å². The van der Waals surface area contributed by atoms with Gasteiger partial charge in [0.05, 0.1) is 12.0 Å². The van der Waals surface area contributed by atoms with Gasteiger partial charge in [-0.3, -0.25) is 4.79 Å². The Labute approximate surface area is 98.7 Å². The molecule has 4 heteroatoms. The van der Waals surface area contributed by atoms with E-state index in [-0.39, 0.29) is 11.7 Å². The lowest BCUT2D eigenvalue weighted by Gasteiger charge is -2.18. The Morgan fingerprint density at radius 3 is 2.75 bits per heavy atom. The Bertz CT molecular complexity index is 417. The molecule has 2 unspecified atom stereocenters. The SMILES string of the molecule is O=C1CCc2c1cccc2C(O)C(O)CCl. The topological polar surface area (TPSA) is 57.5 Å². The van der Waals surface area contributed by atoms with Crippen LogP contribution in [0.25, 0.3) is 0 Å². The van der Waals surface area contributed by atoms with Gasteiger partial charge in [-0.1, -0.05) is 18.2 Å². The molecule has 3 nitrogen and oxygen atoms in total. The maximum absolute atomic E-state index is 11.5. The molecule has 0 heterocycles. The van der Waals surface area contributed by atoms with Gasteiger partial charge in [0, 0.05) is 12.0 Å². The van der Waals surface area contributed by atoms with Crippen molar-refractivity contribution >= 4 is 17.4 Å². The summed E-state index contributed by atoms with van der Waals surface area (Å²) in [5, 5.41) is 19.4. The molecule has 0 amide bonds. The van der Waals surface area contributed by atoms with Crippen molar-refractivity contribution in [2.24, 2.45) is 0 Å². The number of fused-ring (bicyclic) bond motifs is 1. The van der Waals surface area contributed by atoms with Gasteiger partial charge >= 0.3 is 0 Å². The van der Waals surface area contributed by atoms with Crippen molar-refractivity contribution in [3.8, 4) is 0 Å². The molecule has 0 spiro atoms. The molecule has 1 aliphatic carbocycles. The van der Waals surface area contributed by atoms with Gasteiger partial charge in [0.2, 0.25) is 0 Å². The van der Waals surface area contributed by atoms with Crippen LogP contribution in [0.1, 0.15) is 34.0 Å². The maximum atomic E-state index is 11.5. The largest absolute Gasteiger partial charge is 0.389 e. The summed E-state index contributed by atoms with van der Waals surface area (Å²) in [4.78, 5) is 11.5. The zero-order chi connectivity index (χ0) is 11.7. The number of alkyl halides is 1. The van der Waals surface area contributed by atoms with Gasteiger partial charge in [-0.05, 0) is 17.5 Å². The quantitative estimate of drug-likeness (QED) is 0.787. The standard InChI is InChI=1S/C12H13ClO3/c13-6-11(15)12(16)9-3-1-2-8-7(9)4-5-10(8)14/h1-3,11-12,15-16H,4-6H2. The monoisotopic (exact) mass is 240 g/mol. The molecule has 1 aromatic carbocycles. The minimum atomic E-state index is -1.02. The van der Waals surface area contributed by atoms with Crippen molar-refractivity contribution in [3.63, 3.8) is 0 Å². The highest BCUT2D eigenvalue weighted by Gasteiger charge is 2.27. The summed E-state index contributed by atoms with van der Waals surface area (Å²) in [5.41, 5.74) is 2.14. The van der Waals surface area contributed by atoms with Crippen molar-refractivity contribution < 1.29 is 15.0 Å². The van der Waals surface area contributed by atoms with E-state index in [1.54, 1.807) is 18.2 Å². The van der Waals surface area contributed by atoms with E-state index in [1.165, 1.54) is 0 Å². The molecule has 1 aromatic rings. The third-order valence-electron chi connectivity index (χ3n) is 2.96. The summed E-state index contributed by atoms with van der Waals surface area (Å²) in [7, 11) is 0. The van der Waals surface area contributed by atoms with E-state index in [1.807, 2.05) is 0 Å². The number of hydrogen-bond donors (Lipinski definition) is 2. The lowest BCUT2D eigenvalue weighted by molar-refractivity contribution is 0.0322. The van der Waals surface area contributed by atoms with E-state index < -0.39 is 12.2 Å². The molecule has 0 radical (unpaired) electrons. The Morgan fingerprint density at radius 1 is 1.31 bits per heavy atom. The van der Waals surface area contributed by atoms with E-state index >= 15 is 0 Å². The van der Waals surface area contributed by atoms with E-state index in [4.69, 9.17) is 11.6 Å². The van der Waals surface area contributed by atoms with Gasteiger partial charge in [-0.2, -0.15) is 0 Å². The highest BCUT2D eigenvalue weighted by Crippen LogP contribution is 2.30. The number of carbonyl (C=O) groups is 1. The number of hydrogen-bond acceptors (Lipinski definition) is 3. The minimum Gasteiger partial charge on any atom is -0.389 e. The first-order chi connectivity index (χ1) is 7.65. The van der Waals surface area contributed by atoms with Crippen LogP contribution in [0.4, 0.5) is 0 Å². The van der Waals surface area contributed by atoms with Crippen LogP contribution in [-0.2, 0) is 6.42 Å². The maximum Gasteiger partial charge on any atom is 0.163 e. The van der Waals surface area contributed by atoms with Gasteiger partial charge in [-0.25, -0.2) is 0 Å². The first-order valence-corrected chi connectivity index (χ1v) is 5.75. The molecule has 0 aromatic heterocycles. The molecule has 0 saturated carbocycles. The molecular formula is C12H13ClO3. The second-order valence-corrected chi connectivity index (χ2v) is 4.27. The van der Waals surface area contributed by atoms with Crippen LogP contribution in [0.2, 0.25) is 0 Å². The van der Waals surface area contributed by atoms with Crippen LogP contribution in [0.15, 0.2) is 18.2 Å². The average Bonchev–Trinajstić information content (AvgIpc) is 2.69. The summed E-state index contributed by atoms with van der Waals surface area (Å²) in [6.45, 7) is 0. The Kier molecular flexibility index (Phi) is 3.28. The van der Waals surface area contributed by atoms with Crippen LogP contribution in [-0.4, -0.2) is 28.0 Å². The van der Waals surface area contributed by atoms with Crippen LogP contribution < -0.4 is 0 Å². The summed E-state index contributed by atoms with van der Waals surface area (Å²) >= 11 is 5.50. The Morgan fingerprint density at radius 2 is 2.06 bits per heavy atom. The lowest BCUT2D eigenvalue weighted by atomic mass is 9.96. The highest BCUT2D eigenvalue weighted by atomic mass is 35.5. The first kappa shape index (κ1) is 11.6. The number of Topliss-reactive ketones (excluding diaryl/α,β-unsaturated/α-hetero) is 1. The van der Waals surface area contributed by atoms with Gasteiger partial charge in [0.1, 0.15) is 6.10 Å². The molecular weight excluding hydrogens is 228 g/mol. The van der Waals surface area contributed by atoms with Crippen LogP contribution in [0, 0.1) is 0 Å². The van der Waals surface area contributed by atoms with Crippen molar-refractivity contribution in [1.82, 2.24) is 0 Å². The molecule has 0 bridgehead atoms. The molecule has 0 fully saturated rings. The number of ketones is 1. The number of carbonyl (C=O) groups excluding carboxylic acids is 1. The predicted molar refractivity (Wildman–Crippen MR) is 60.8 cm³/mol. The molecule has 2 atom stereocenters. The number of rotatable bonds is 3. The fourth-order valence-electron chi connectivity index (χ4n) is 2.09. The third kappa shape index (κ3) is 1.86. The van der Waals surface area contributed by atoms with Gasteiger partial charge in [-0.15, -0.1) is 11.6 Å². The minimum absolute atomic E-state index is 0.0290. The van der Waals surface area contributed by atoms with E-state index in [9.17, 15) is 15.0 Å². The smallest absolute Gasteiger partial charge is 0.163 e. The number of halogens is 1. The fraction of sp³-hybridized carbons (Fsp3) is 0.417. The molecule has 0 saturated heterocycles. The van der Waals surface area contributed by atoms with Crippen molar-refractivity contribution in [2.75, 3.05) is 5.88 Å². The Hall–Kier alpha value is -0.900. The number of aliphatic hydroxyl groups excluding tert-OH is 2. The van der Waals surface area contributed by atoms with Crippen LogP contribution in [0.5, 0.6) is 0 Å². The highest BCUT2D eigenvalue weighted by molar-refractivity contribution is 6.18. The average molecular weight is 241 g/mol. The van der Waals surface area contributed by atoms with Gasteiger partial charge in [0.15, 0.2) is 5.78 Å². The van der Waals surface area contributed by atoms with Gasteiger partial charge in [0.25, 0.3) is 0 Å². The predicted octanol–water partition coefficient (Wildman–Crippen LogP) is 1.45. The van der Waals surface area contributed by atoms with Crippen molar-refractivity contribution in [2.45, 2.75) is 25.0 Å². The third-order valence-corrected chi connectivity index (χ3v) is 3.27. The zero-order valence-corrected chi connectivity index (χ0v) is 9.44. The van der Waals surface area contributed by atoms with E-state index in [2.05, 4.69) is 0 Å². The van der Waals surface area contributed by atoms with Crippen LogP contribution >= 0.6 is 11.6 Å². The normalized spacial score (nSPS) is 18.3. The van der Waals surface area contributed by atoms with Gasteiger partial charge < -0.3 is 10.2 Å². The second kappa shape index (κ2) is 4.53. The number of benzene rings is 1. The molecule has 86 valence electrons. The van der Waals surface area contributed by atoms with Crippen molar-refractivity contribution in [1.29, 1.82) is 0 Å². The molecule has 1 aliphatic rings. The summed E-state index contributed by atoms with van der Waals surface area (Å²) in [6, 6.07) is 5.22.